The molecule has 0 bridgehead atoms. The van der Waals surface area contributed by atoms with E-state index in [1.807, 2.05) is 30.7 Å². The van der Waals surface area contributed by atoms with Crippen molar-refractivity contribution in [2.75, 3.05) is 18.0 Å². The molecule has 1 aliphatic rings. The minimum absolute atomic E-state index is 0.145. The molecule has 1 saturated heterocycles. The van der Waals surface area contributed by atoms with E-state index < -0.39 is 0 Å². The highest BCUT2D eigenvalue weighted by molar-refractivity contribution is 5.51. The van der Waals surface area contributed by atoms with Gasteiger partial charge < -0.3 is 4.90 Å². The molecular weight excluding hydrogens is 306 g/mol. The van der Waals surface area contributed by atoms with Crippen LogP contribution >= 0.6 is 0 Å². The summed E-state index contributed by atoms with van der Waals surface area (Å²) < 4.78 is 2.00. The van der Waals surface area contributed by atoms with Crippen LogP contribution in [0.5, 0.6) is 0 Å². The van der Waals surface area contributed by atoms with Crippen LogP contribution in [0.25, 0.3) is 0 Å². The number of nitrogens with zero attached hydrogens (tertiary/aromatic N) is 5. The molecule has 0 aliphatic carbocycles. The Hall–Kier alpha value is -2.44. The van der Waals surface area contributed by atoms with Crippen LogP contribution < -0.4 is 4.90 Å². The van der Waals surface area contributed by atoms with Crippen molar-refractivity contribution in [1.82, 2.24) is 14.8 Å². The van der Waals surface area contributed by atoms with Gasteiger partial charge in [-0.05, 0) is 51.2 Å². The average Bonchev–Trinajstić information content (AvgIpc) is 2.91. The quantitative estimate of drug-likeness (QED) is 0.622. The first-order valence-corrected chi connectivity index (χ1v) is 8.40. The lowest BCUT2D eigenvalue weighted by Crippen LogP contribution is -2.34. The van der Waals surface area contributed by atoms with Crippen molar-refractivity contribution in [2.24, 2.45) is 5.92 Å². The molecule has 1 aliphatic heterocycles. The van der Waals surface area contributed by atoms with Crippen molar-refractivity contribution < 1.29 is 4.92 Å². The molecule has 0 saturated carbocycles. The molecule has 24 heavy (non-hydrogen) atoms. The number of non-ortho nitro benzene ring substituents is 1. The predicted molar refractivity (Wildman–Crippen MR) is 92.1 cm³/mol. The molecule has 2 heterocycles. The summed E-state index contributed by atoms with van der Waals surface area (Å²) in [6.07, 6.45) is 3.41. The lowest BCUT2D eigenvalue weighted by atomic mass is 9.93. The second-order valence-electron chi connectivity index (χ2n) is 6.42. The number of aryl methyl sites for hydroxylation is 3. The summed E-state index contributed by atoms with van der Waals surface area (Å²) in [4.78, 5) is 17.0. The van der Waals surface area contributed by atoms with Crippen LogP contribution in [0.15, 0.2) is 24.3 Å². The smallest absolute Gasteiger partial charge is 0.269 e. The van der Waals surface area contributed by atoms with Gasteiger partial charge in [-0.25, -0.2) is 4.98 Å². The lowest BCUT2D eigenvalue weighted by Gasteiger charge is -2.33. The molecule has 0 radical (unpaired) electrons. The van der Waals surface area contributed by atoms with Gasteiger partial charge in [-0.3, -0.25) is 14.8 Å². The molecule has 2 aromatic rings. The molecule has 1 aromatic carbocycles. The van der Waals surface area contributed by atoms with Gasteiger partial charge in [0.1, 0.15) is 11.6 Å². The van der Waals surface area contributed by atoms with Crippen molar-refractivity contribution in [2.45, 2.75) is 39.7 Å². The fourth-order valence-corrected chi connectivity index (χ4v) is 3.34. The first-order valence-electron chi connectivity index (χ1n) is 8.40. The van der Waals surface area contributed by atoms with Crippen LogP contribution in [-0.4, -0.2) is 32.8 Å². The number of nitro benzene ring substituents is 1. The van der Waals surface area contributed by atoms with E-state index in [1.54, 1.807) is 12.1 Å². The number of nitro groups is 1. The van der Waals surface area contributed by atoms with Crippen LogP contribution in [0, 0.1) is 29.9 Å². The third-order valence-corrected chi connectivity index (χ3v) is 4.75. The van der Waals surface area contributed by atoms with Crippen molar-refractivity contribution in [3.63, 3.8) is 0 Å². The molecule has 7 nitrogen and oxygen atoms in total. The zero-order chi connectivity index (χ0) is 17.1. The largest absolute Gasteiger partial charge is 0.372 e. The van der Waals surface area contributed by atoms with Crippen molar-refractivity contribution in [3.05, 3.63) is 46.0 Å². The first-order chi connectivity index (χ1) is 11.5. The Kier molecular flexibility index (Phi) is 4.78. The van der Waals surface area contributed by atoms with Gasteiger partial charge in [-0.2, -0.15) is 5.10 Å². The van der Waals surface area contributed by atoms with E-state index in [9.17, 15) is 10.1 Å². The number of aromatic nitrogens is 3. The van der Waals surface area contributed by atoms with Gasteiger partial charge in [0.2, 0.25) is 0 Å². The number of rotatable bonds is 5. The molecule has 1 aromatic heterocycles. The van der Waals surface area contributed by atoms with E-state index in [-0.39, 0.29) is 10.6 Å². The highest BCUT2D eigenvalue weighted by Gasteiger charge is 2.20. The molecule has 1 fully saturated rings. The lowest BCUT2D eigenvalue weighted by molar-refractivity contribution is -0.384. The second-order valence-corrected chi connectivity index (χ2v) is 6.42. The van der Waals surface area contributed by atoms with Gasteiger partial charge in [-0.15, -0.1) is 0 Å². The van der Waals surface area contributed by atoms with Gasteiger partial charge in [-0.1, -0.05) is 0 Å². The molecule has 7 heteroatoms. The monoisotopic (exact) mass is 329 g/mol. The zero-order valence-corrected chi connectivity index (χ0v) is 14.2. The van der Waals surface area contributed by atoms with Crippen LogP contribution in [0.1, 0.15) is 30.9 Å². The van der Waals surface area contributed by atoms with Crippen molar-refractivity contribution in [3.8, 4) is 0 Å². The van der Waals surface area contributed by atoms with Crippen molar-refractivity contribution in [1.29, 1.82) is 0 Å². The van der Waals surface area contributed by atoms with Gasteiger partial charge in [0.05, 0.1) is 4.92 Å². The molecule has 0 amide bonds. The highest BCUT2D eigenvalue weighted by Crippen LogP contribution is 2.27. The summed E-state index contributed by atoms with van der Waals surface area (Å²) in [6, 6.07) is 6.86. The number of hydrogen-bond donors (Lipinski definition) is 0. The molecule has 128 valence electrons. The SMILES string of the molecule is Cc1nc(C)n(CCC2CCN(c3ccc([N+](=O)[O-])cc3)CC2)n1. The minimum Gasteiger partial charge on any atom is -0.372 e. The minimum atomic E-state index is -0.357. The predicted octanol–water partition coefficient (Wildman–Crippen LogP) is 3.11. The average molecular weight is 329 g/mol. The number of anilines is 1. The maximum Gasteiger partial charge on any atom is 0.269 e. The van der Waals surface area contributed by atoms with Gasteiger partial charge >= 0.3 is 0 Å². The van der Waals surface area contributed by atoms with Crippen LogP contribution in [0.3, 0.4) is 0 Å². The third kappa shape index (κ3) is 3.72. The Bertz CT molecular complexity index is 702. The summed E-state index contributed by atoms with van der Waals surface area (Å²) in [5.41, 5.74) is 1.22. The highest BCUT2D eigenvalue weighted by atomic mass is 16.6. The Morgan fingerprint density at radius 3 is 2.42 bits per heavy atom. The van der Waals surface area contributed by atoms with Gasteiger partial charge in [0, 0.05) is 37.5 Å². The van der Waals surface area contributed by atoms with Crippen LogP contribution in [-0.2, 0) is 6.54 Å². The van der Waals surface area contributed by atoms with E-state index in [1.165, 1.54) is 0 Å². The van der Waals surface area contributed by atoms with E-state index in [0.29, 0.717) is 5.92 Å². The second kappa shape index (κ2) is 6.98. The summed E-state index contributed by atoms with van der Waals surface area (Å²) >= 11 is 0. The maximum absolute atomic E-state index is 10.7. The Morgan fingerprint density at radius 1 is 1.21 bits per heavy atom. The Morgan fingerprint density at radius 2 is 1.88 bits per heavy atom. The molecular formula is C17H23N5O2. The topological polar surface area (TPSA) is 77.1 Å². The fraction of sp³-hybridized carbons (Fsp3) is 0.529. The van der Waals surface area contributed by atoms with E-state index in [4.69, 9.17) is 0 Å². The molecule has 0 atom stereocenters. The summed E-state index contributed by atoms with van der Waals surface area (Å²) in [5, 5.41) is 15.1. The van der Waals surface area contributed by atoms with E-state index in [2.05, 4.69) is 15.0 Å². The molecule has 0 spiro atoms. The third-order valence-electron chi connectivity index (χ3n) is 4.75. The Balaban J connectivity index is 1.50. The first kappa shape index (κ1) is 16.4. The van der Waals surface area contributed by atoms with Crippen molar-refractivity contribution >= 4 is 11.4 Å². The summed E-state index contributed by atoms with van der Waals surface area (Å²) in [7, 11) is 0. The molecule has 3 rings (SSSR count). The zero-order valence-electron chi connectivity index (χ0n) is 14.2. The van der Waals surface area contributed by atoms with Gasteiger partial charge in [0.15, 0.2) is 0 Å². The van der Waals surface area contributed by atoms with E-state index >= 15 is 0 Å². The number of benzene rings is 1. The number of piperidine rings is 1. The summed E-state index contributed by atoms with van der Waals surface area (Å²) in [5.74, 6) is 2.51. The maximum atomic E-state index is 10.7. The summed E-state index contributed by atoms with van der Waals surface area (Å²) in [6.45, 7) is 6.84. The Labute approximate surface area is 141 Å². The number of hydrogen-bond acceptors (Lipinski definition) is 5. The fourth-order valence-electron chi connectivity index (χ4n) is 3.34. The van der Waals surface area contributed by atoms with Gasteiger partial charge in [0.25, 0.3) is 5.69 Å². The molecule has 0 N–H and O–H groups in total. The van der Waals surface area contributed by atoms with E-state index in [0.717, 1.165) is 56.2 Å². The molecule has 0 unspecified atom stereocenters. The van der Waals surface area contributed by atoms with Crippen LogP contribution in [0.4, 0.5) is 11.4 Å². The standard InChI is InChI=1S/C17H23N5O2/c1-13-18-14(2)21(19-13)12-9-15-7-10-20(11-8-15)16-3-5-17(6-4-16)22(23)24/h3-6,15H,7-12H2,1-2H3. The van der Waals surface area contributed by atoms with Crippen LogP contribution in [0.2, 0.25) is 0 Å². The normalized spacial score (nSPS) is 15.7.